The number of hydrazine groups is 1. The number of nitrogens with one attached hydrogen (secondary N) is 1. The van der Waals surface area contributed by atoms with Crippen LogP contribution in [0.25, 0.3) is 0 Å². The molecule has 6 nitrogen and oxygen atoms in total. The van der Waals surface area contributed by atoms with Gasteiger partial charge in [-0.05, 0) is 13.0 Å². The number of amides is 1. The van der Waals surface area contributed by atoms with E-state index in [4.69, 9.17) is 10.3 Å². The van der Waals surface area contributed by atoms with Gasteiger partial charge in [0.15, 0.2) is 10.1 Å². The smallest absolute Gasteiger partial charge is 0.301 e. The summed E-state index contributed by atoms with van der Waals surface area (Å²) in [4.78, 5) is 11.3. The Labute approximate surface area is 106 Å². The zero-order chi connectivity index (χ0) is 12.3. The Morgan fingerprint density at radius 3 is 3.12 bits per heavy atom. The van der Waals surface area contributed by atoms with Crippen LogP contribution in [0.3, 0.4) is 0 Å². The Kier molecular flexibility index (Phi) is 3.77. The number of hydrogen-bond donors (Lipinski definition) is 2. The highest BCUT2D eigenvalue weighted by Gasteiger charge is 2.14. The van der Waals surface area contributed by atoms with Crippen molar-refractivity contribution in [3.05, 3.63) is 28.7 Å². The Morgan fingerprint density at radius 2 is 2.47 bits per heavy atom. The third-order valence-corrected chi connectivity index (χ3v) is 3.96. The standard InChI is InChI=1S/C9H10N4O2S2/c1-5-12-13-9(17-5)16-4-6-2-3-15-7(6)8(14)11-10/h2-3H,4,10H2,1H3,(H,11,14). The first-order chi connectivity index (χ1) is 8.20. The van der Waals surface area contributed by atoms with E-state index in [1.807, 2.05) is 12.3 Å². The second kappa shape index (κ2) is 5.30. The van der Waals surface area contributed by atoms with Gasteiger partial charge in [-0.1, -0.05) is 23.1 Å². The monoisotopic (exact) mass is 270 g/mol. The molecule has 0 unspecified atom stereocenters. The van der Waals surface area contributed by atoms with E-state index in [1.54, 1.807) is 6.07 Å². The highest BCUT2D eigenvalue weighted by atomic mass is 32.2. The highest BCUT2D eigenvalue weighted by molar-refractivity contribution is 8.00. The molecular formula is C9H10N4O2S2. The number of carbonyl (C=O) groups excluding carboxylic acids is 1. The van der Waals surface area contributed by atoms with Gasteiger partial charge in [0, 0.05) is 11.3 Å². The number of aromatic nitrogens is 2. The quantitative estimate of drug-likeness (QED) is 0.377. The minimum absolute atomic E-state index is 0.237. The normalized spacial score (nSPS) is 10.5. The topological polar surface area (TPSA) is 94.0 Å². The van der Waals surface area contributed by atoms with Crippen LogP contribution in [0, 0.1) is 6.92 Å². The van der Waals surface area contributed by atoms with Crippen molar-refractivity contribution in [3.8, 4) is 0 Å². The number of thioether (sulfide) groups is 1. The summed E-state index contributed by atoms with van der Waals surface area (Å²) in [6.45, 7) is 1.90. The van der Waals surface area contributed by atoms with Crippen molar-refractivity contribution in [2.75, 3.05) is 0 Å². The molecule has 2 rings (SSSR count). The molecule has 2 aromatic heterocycles. The molecule has 3 N–H and O–H groups in total. The fourth-order valence-electron chi connectivity index (χ4n) is 1.19. The molecule has 0 saturated carbocycles. The SMILES string of the molecule is Cc1nnc(SCc2ccoc2C(=O)NN)s1. The maximum absolute atomic E-state index is 11.3. The van der Waals surface area contributed by atoms with Gasteiger partial charge in [-0.2, -0.15) is 0 Å². The largest absolute Gasteiger partial charge is 0.459 e. The number of furan rings is 1. The van der Waals surface area contributed by atoms with Gasteiger partial charge in [-0.15, -0.1) is 10.2 Å². The van der Waals surface area contributed by atoms with E-state index in [9.17, 15) is 4.79 Å². The van der Waals surface area contributed by atoms with E-state index in [0.717, 1.165) is 14.9 Å². The highest BCUT2D eigenvalue weighted by Crippen LogP contribution is 2.27. The van der Waals surface area contributed by atoms with Crippen LogP contribution in [0.1, 0.15) is 21.1 Å². The molecule has 0 bridgehead atoms. The van der Waals surface area contributed by atoms with Crippen LogP contribution >= 0.6 is 23.1 Å². The Morgan fingerprint density at radius 1 is 1.65 bits per heavy atom. The summed E-state index contributed by atoms with van der Waals surface area (Å²) in [7, 11) is 0. The van der Waals surface area contributed by atoms with Gasteiger partial charge in [-0.3, -0.25) is 10.2 Å². The van der Waals surface area contributed by atoms with Crippen molar-refractivity contribution in [3.63, 3.8) is 0 Å². The fourth-order valence-corrected chi connectivity index (χ4v) is 2.99. The van der Waals surface area contributed by atoms with E-state index >= 15 is 0 Å². The van der Waals surface area contributed by atoms with Gasteiger partial charge >= 0.3 is 5.91 Å². The minimum atomic E-state index is -0.431. The van der Waals surface area contributed by atoms with Crippen LogP contribution in [0.4, 0.5) is 0 Å². The lowest BCUT2D eigenvalue weighted by atomic mass is 10.3. The minimum Gasteiger partial charge on any atom is -0.459 e. The lowest BCUT2D eigenvalue weighted by molar-refractivity contribution is 0.0925. The zero-order valence-corrected chi connectivity index (χ0v) is 10.6. The summed E-state index contributed by atoms with van der Waals surface area (Å²) in [5.74, 6) is 5.45. The van der Waals surface area contributed by atoms with Crippen LogP contribution in [0.5, 0.6) is 0 Å². The van der Waals surface area contributed by atoms with Crippen LogP contribution in [-0.4, -0.2) is 16.1 Å². The van der Waals surface area contributed by atoms with Crippen molar-refractivity contribution < 1.29 is 9.21 Å². The molecule has 90 valence electrons. The number of nitrogen functional groups attached to an aromatic ring is 1. The zero-order valence-electron chi connectivity index (χ0n) is 8.97. The van der Waals surface area contributed by atoms with Crippen molar-refractivity contribution in [1.29, 1.82) is 0 Å². The Hall–Kier alpha value is -1.38. The van der Waals surface area contributed by atoms with Gasteiger partial charge in [0.1, 0.15) is 5.01 Å². The average Bonchev–Trinajstić information content (AvgIpc) is 2.94. The first-order valence-corrected chi connectivity index (χ1v) is 6.51. The number of carbonyl (C=O) groups is 1. The molecule has 0 spiro atoms. The molecule has 0 aliphatic rings. The van der Waals surface area contributed by atoms with Crippen molar-refractivity contribution in [1.82, 2.24) is 15.6 Å². The van der Waals surface area contributed by atoms with E-state index in [-0.39, 0.29) is 5.76 Å². The van der Waals surface area contributed by atoms with Crippen LogP contribution in [0.15, 0.2) is 21.1 Å². The Bertz CT molecular complexity index is 523. The molecule has 0 saturated heterocycles. The van der Waals surface area contributed by atoms with Crippen LogP contribution < -0.4 is 11.3 Å². The lowest BCUT2D eigenvalue weighted by Crippen LogP contribution is -2.30. The second-order valence-electron chi connectivity index (χ2n) is 3.12. The van der Waals surface area contributed by atoms with Gasteiger partial charge in [0.05, 0.1) is 6.26 Å². The molecule has 17 heavy (non-hydrogen) atoms. The summed E-state index contributed by atoms with van der Waals surface area (Å²) >= 11 is 3.02. The lowest BCUT2D eigenvalue weighted by Gasteiger charge is -1.99. The maximum atomic E-state index is 11.3. The number of nitrogens with two attached hydrogens (primary N) is 1. The van der Waals surface area contributed by atoms with Crippen molar-refractivity contribution >= 4 is 29.0 Å². The fraction of sp³-hybridized carbons (Fsp3) is 0.222. The maximum Gasteiger partial charge on any atom is 0.301 e. The van der Waals surface area contributed by atoms with Gasteiger partial charge in [0.2, 0.25) is 0 Å². The molecule has 0 aliphatic carbocycles. The predicted molar refractivity (Wildman–Crippen MR) is 64.6 cm³/mol. The average molecular weight is 270 g/mol. The molecule has 2 heterocycles. The molecule has 0 radical (unpaired) electrons. The van der Waals surface area contributed by atoms with Gasteiger partial charge in [-0.25, -0.2) is 5.84 Å². The molecule has 0 aliphatic heterocycles. The van der Waals surface area contributed by atoms with E-state index < -0.39 is 5.91 Å². The van der Waals surface area contributed by atoms with Crippen LogP contribution in [0.2, 0.25) is 0 Å². The first-order valence-electron chi connectivity index (χ1n) is 4.71. The summed E-state index contributed by atoms with van der Waals surface area (Å²) in [5, 5.41) is 8.82. The second-order valence-corrected chi connectivity index (χ2v) is 5.53. The summed E-state index contributed by atoms with van der Waals surface area (Å²) in [6, 6.07) is 1.74. The molecule has 0 atom stereocenters. The third-order valence-electron chi connectivity index (χ3n) is 1.94. The first kappa shape index (κ1) is 12.1. The van der Waals surface area contributed by atoms with Crippen LogP contribution in [-0.2, 0) is 5.75 Å². The third kappa shape index (κ3) is 2.84. The molecule has 1 amide bonds. The van der Waals surface area contributed by atoms with Gasteiger partial charge in [0.25, 0.3) is 0 Å². The summed E-state index contributed by atoms with van der Waals surface area (Å²) in [6.07, 6.45) is 1.46. The molecule has 0 fully saturated rings. The Balaban J connectivity index is 2.04. The van der Waals surface area contributed by atoms with Gasteiger partial charge < -0.3 is 4.42 Å². The predicted octanol–water partition coefficient (Wildman–Crippen LogP) is 1.34. The number of hydrogen-bond acceptors (Lipinski definition) is 7. The van der Waals surface area contributed by atoms with E-state index in [1.165, 1.54) is 29.4 Å². The van der Waals surface area contributed by atoms with E-state index in [0.29, 0.717) is 5.75 Å². The summed E-state index contributed by atoms with van der Waals surface area (Å²) < 4.78 is 5.94. The van der Waals surface area contributed by atoms with Crippen molar-refractivity contribution in [2.24, 2.45) is 5.84 Å². The van der Waals surface area contributed by atoms with E-state index in [2.05, 4.69) is 10.2 Å². The number of nitrogens with zero attached hydrogens (tertiary/aromatic N) is 2. The summed E-state index contributed by atoms with van der Waals surface area (Å²) in [5.41, 5.74) is 2.83. The molecular weight excluding hydrogens is 260 g/mol. The number of rotatable bonds is 4. The van der Waals surface area contributed by atoms with Crippen molar-refractivity contribution in [2.45, 2.75) is 17.0 Å². The molecule has 8 heteroatoms. The molecule has 0 aromatic carbocycles. The molecule has 2 aromatic rings. The number of aryl methyl sites for hydroxylation is 1.